The van der Waals surface area contributed by atoms with Gasteiger partial charge in [0, 0.05) is 29.2 Å². The predicted octanol–water partition coefficient (Wildman–Crippen LogP) is 1.42. The molecule has 2 aliphatic rings. The van der Waals surface area contributed by atoms with Gasteiger partial charge in [0.05, 0.1) is 10.8 Å². The van der Waals surface area contributed by atoms with E-state index in [0.29, 0.717) is 29.6 Å². The van der Waals surface area contributed by atoms with E-state index >= 15 is 0 Å². The van der Waals surface area contributed by atoms with Gasteiger partial charge in [0.1, 0.15) is 19.3 Å². The lowest BCUT2D eigenvalue weighted by Crippen LogP contribution is -2.45. The fourth-order valence-corrected chi connectivity index (χ4v) is 3.85. The second-order valence-corrected chi connectivity index (χ2v) is 7.72. The summed E-state index contributed by atoms with van der Waals surface area (Å²) in [5, 5.41) is 9.17. The van der Waals surface area contributed by atoms with Crippen molar-refractivity contribution in [3.63, 3.8) is 0 Å². The molecule has 1 N–H and O–H groups in total. The Morgan fingerprint density at radius 2 is 1.96 bits per heavy atom. The smallest absolute Gasteiger partial charge is 0.326 e. The number of aliphatic carboxylic acids is 1. The Labute approximate surface area is 148 Å². The monoisotopic (exact) mass is 367 g/mol. The number of hydrogen-bond donors (Lipinski definition) is 1. The third-order valence-corrected chi connectivity index (χ3v) is 5.64. The van der Waals surface area contributed by atoms with Crippen molar-refractivity contribution in [1.82, 2.24) is 4.90 Å². The van der Waals surface area contributed by atoms with E-state index in [9.17, 15) is 13.8 Å². The first-order chi connectivity index (χ1) is 12.0. The molecular weight excluding hydrogens is 346 g/mol. The summed E-state index contributed by atoms with van der Waals surface area (Å²) in [4.78, 5) is 25.6. The van der Waals surface area contributed by atoms with E-state index in [1.54, 1.807) is 18.2 Å². The number of amides is 1. The van der Waals surface area contributed by atoms with Gasteiger partial charge in [0.2, 0.25) is 5.91 Å². The lowest BCUT2D eigenvalue weighted by atomic mass is 10.2. The molecule has 3 rings (SSSR count). The predicted molar refractivity (Wildman–Crippen MR) is 90.3 cm³/mol. The Kier molecular flexibility index (Phi) is 5.27. The molecule has 8 heteroatoms. The number of rotatable bonds is 7. The van der Waals surface area contributed by atoms with Crippen molar-refractivity contribution < 1.29 is 28.4 Å². The molecule has 7 nitrogen and oxygen atoms in total. The van der Waals surface area contributed by atoms with Crippen molar-refractivity contribution in [3.05, 3.63) is 18.2 Å². The van der Waals surface area contributed by atoms with Crippen LogP contribution in [0.15, 0.2) is 23.1 Å². The van der Waals surface area contributed by atoms with Gasteiger partial charge in [-0.1, -0.05) is 0 Å². The van der Waals surface area contributed by atoms with E-state index in [1.807, 2.05) is 0 Å². The van der Waals surface area contributed by atoms with Crippen LogP contribution in [0.25, 0.3) is 0 Å². The normalized spacial score (nSPS) is 18.3. The number of carbonyl (C=O) groups excluding carboxylic acids is 1. The standard InChI is InChI=1S/C17H21NO6S/c1-11(17(20)21)18(12-2-3-12)16(19)6-9-25(22)13-4-5-14-15(10-13)24-8-7-23-14/h4-5,10-12H,2-3,6-9H2,1H3,(H,20,21). The SMILES string of the molecule is CC(C(=O)O)N(C(=O)CCS(=O)c1ccc2c(c1)OCCO2)C1CC1. The van der Waals surface area contributed by atoms with E-state index in [-0.39, 0.29) is 24.1 Å². The Bertz CT molecular complexity index is 702. The molecule has 2 unspecified atom stereocenters. The van der Waals surface area contributed by atoms with Crippen LogP contribution in [0.5, 0.6) is 11.5 Å². The second-order valence-electron chi connectivity index (χ2n) is 6.15. The van der Waals surface area contributed by atoms with Crippen LogP contribution in [0.1, 0.15) is 26.2 Å². The van der Waals surface area contributed by atoms with Crippen molar-refractivity contribution >= 4 is 22.7 Å². The van der Waals surface area contributed by atoms with Gasteiger partial charge in [-0.3, -0.25) is 9.00 Å². The molecule has 1 heterocycles. The summed E-state index contributed by atoms with van der Waals surface area (Å²) >= 11 is 0. The van der Waals surface area contributed by atoms with Crippen LogP contribution in [0.3, 0.4) is 0 Å². The van der Waals surface area contributed by atoms with Gasteiger partial charge in [0.15, 0.2) is 11.5 Å². The number of carboxylic acid groups (broad SMARTS) is 1. The number of fused-ring (bicyclic) bond motifs is 1. The lowest BCUT2D eigenvalue weighted by molar-refractivity contribution is -0.149. The van der Waals surface area contributed by atoms with Crippen LogP contribution >= 0.6 is 0 Å². The number of benzene rings is 1. The molecule has 2 atom stereocenters. The van der Waals surface area contributed by atoms with Crippen LogP contribution in [0.4, 0.5) is 0 Å². The number of carbonyl (C=O) groups is 2. The number of carboxylic acids is 1. The Balaban J connectivity index is 1.61. The van der Waals surface area contributed by atoms with E-state index in [2.05, 4.69) is 0 Å². The summed E-state index contributed by atoms with van der Waals surface area (Å²) in [6.07, 6.45) is 1.71. The minimum absolute atomic E-state index is 0.00123. The molecule has 1 saturated carbocycles. The molecule has 0 radical (unpaired) electrons. The van der Waals surface area contributed by atoms with Gasteiger partial charge in [-0.2, -0.15) is 0 Å². The Morgan fingerprint density at radius 3 is 2.60 bits per heavy atom. The summed E-state index contributed by atoms with van der Waals surface area (Å²) in [6.45, 7) is 2.45. The van der Waals surface area contributed by atoms with E-state index < -0.39 is 22.8 Å². The van der Waals surface area contributed by atoms with Gasteiger partial charge in [-0.15, -0.1) is 0 Å². The maximum absolute atomic E-state index is 12.5. The minimum atomic E-state index is -1.37. The van der Waals surface area contributed by atoms with Crippen LogP contribution < -0.4 is 9.47 Å². The zero-order valence-electron chi connectivity index (χ0n) is 14.0. The first kappa shape index (κ1) is 17.7. The average Bonchev–Trinajstić information content (AvgIpc) is 3.44. The van der Waals surface area contributed by atoms with Gasteiger partial charge < -0.3 is 19.5 Å². The molecule has 1 aromatic carbocycles. The highest BCUT2D eigenvalue weighted by molar-refractivity contribution is 7.85. The first-order valence-corrected chi connectivity index (χ1v) is 9.61. The van der Waals surface area contributed by atoms with Gasteiger partial charge in [-0.05, 0) is 31.9 Å². The largest absolute Gasteiger partial charge is 0.486 e. The van der Waals surface area contributed by atoms with Crippen molar-refractivity contribution in [3.8, 4) is 11.5 Å². The molecule has 1 amide bonds. The van der Waals surface area contributed by atoms with Crippen molar-refractivity contribution in [2.45, 2.75) is 43.2 Å². The molecule has 25 heavy (non-hydrogen) atoms. The summed E-state index contributed by atoms with van der Waals surface area (Å²) < 4.78 is 23.4. The van der Waals surface area contributed by atoms with E-state index in [0.717, 1.165) is 12.8 Å². The quantitative estimate of drug-likeness (QED) is 0.783. The fourth-order valence-electron chi connectivity index (χ4n) is 2.80. The molecule has 1 fully saturated rings. The van der Waals surface area contributed by atoms with Gasteiger partial charge in [-0.25, -0.2) is 4.79 Å². The molecule has 1 aromatic rings. The summed E-state index contributed by atoms with van der Waals surface area (Å²) in [7, 11) is -1.37. The molecule has 0 spiro atoms. The van der Waals surface area contributed by atoms with E-state index in [1.165, 1.54) is 11.8 Å². The minimum Gasteiger partial charge on any atom is -0.486 e. The molecule has 1 aliphatic carbocycles. The highest BCUT2D eigenvalue weighted by atomic mass is 32.2. The van der Waals surface area contributed by atoms with Gasteiger partial charge >= 0.3 is 5.97 Å². The van der Waals surface area contributed by atoms with Crippen molar-refractivity contribution in [2.24, 2.45) is 0 Å². The highest BCUT2D eigenvalue weighted by Gasteiger charge is 2.38. The first-order valence-electron chi connectivity index (χ1n) is 8.29. The van der Waals surface area contributed by atoms with Crippen molar-refractivity contribution in [2.75, 3.05) is 19.0 Å². The van der Waals surface area contributed by atoms with Crippen LogP contribution in [0.2, 0.25) is 0 Å². The number of hydrogen-bond acceptors (Lipinski definition) is 5. The third kappa shape index (κ3) is 4.12. The third-order valence-electron chi connectivity index (χ3n) is 4.28. The van der Waals surface area contributed by atoms with Crippen LogP contribution in [-0.2, 0) is 20.4 Å². The molecule has 0 aromatic heterocycles. The second kappa shape index (κ2) is 7.43. The highest BCUT2D eigenvalue weighted by Crippen LogP contribution is 2.32. The summed E-state index contributed by atoms with van der Waals surface area (Å²) in [5.74, 6) is 0.0471. The molecule has 0 bridgehead atoms. The molecule has 0 saturated heterocycles. The maximum Gasteiger partial charge on any atom is 0.326 e. The molecular formula is C17H21NO6S. The molecule has 136 valence electrons. The van der Waals surface area contributed by atoms with E-state index in [4.69, 9.17) is 14.6 Å². The molecule has 1 aliphatic heterocycles. The topological polar surface area (TPSA) is 93.1 Å². The lowest BCUT2D eigenvalue weighted by Gasteiger charge is -2.26. The number of nitrogens with zero attached hydrogens (tertiary/aromatic N) is 1. The zero-order chi connectivity index (χ0) is 18.0. The number of ether oxygens (including phenoxy) is 2. The zero-order valence-corrected chi connectivity index (χ0v) is 14.8. The fraction of sp³-hybridized carbons (Fsp3) is 0.529. The van der Waals surface area contributed by atoms with Crippen LogP contribution in [0, 0.1) is 0 Å². The maximum atomic E-state index is 12.5. The summed E-state index contributed by atoms with van der Waals surface area (Å²) in [6, 6.07) is 4.23. The van der Waals surface area contributed by atoms with Crippen LogP contribution in [-0.4, -0.2) is 57.1 Å². The summed E-state index contributed by atoms with van der Waals surface area (Å²) in [5.41, 5.74) is 0. The Morgan fingerprint density at radius 1 is 1.28 bits per heavy atom. The average molecular weight is 367 g/mol. The van der Waals surface area contributed by atoms with Gasteiger partial charge in [0.25, 0.3) is 0 Å². The van der Waals surface area contributed by atoms with Crippen molar-refractivity contribution in [1.29, 1.82) is 0 Å². The Hall–Kier alpha value is -2.09.